The van der Waals surface area contributed by atoms with Gasteiger partial charge in [0.15, 0.2) is 5.78 Å². The van der Waals surface area contributed by atoms with Crippen LogP contribution in [0.15, 0.2) is 84.0 Å². The summed E-state index contributed by atoms with van der Waals surface area (Å²) in [5.74, 6) is -5.11. The third-order valence-corrected chi connectivity index (χ3v) is 8.74. The molecule has 1 aliphatic carbocycles. The molecule has 0 spiro atoms. The van der Waals surface area contributed by atoms with Crippen molar-refractivity contribution in [2.45, 2.75) is 45.4 Å². The number of hydrogen-bond donors (Lipinski definition) is 8. The number of phenolic OH excluding ortho intramolecular Hbond substituents is 8. The van der Waals surface area contributed by atoms with E-state index in [9.17, 15) is 45.6 Å². The van der Waals surface area contributed by atoms with E-state index in [0.29, 0.717) is 23.1 Å². The van der Waals surface area contributed by atoms with Crippen LogP contribution in [-0.2, 0) is 6.42 Å². The van der Waals surface area contributed by atoms with Crippen LogP contribution in [0.2, 0.25) is 0 Å². The Morgan fingerprint density at radius 1 is 0.750 bits per heavy atom. The van der Waals surface area contributed by atoms with E-state index in [2.05, 4.69) is 0 Å². The van der Waals surface area contributed by atoms with Crippen molar-refractivity contribution in [1.29, 1.82) is 0 Å². The van der Waals surface area contributed by atoms with Crippen molar-refractivity contribution in [3.05, 3.63) is 117 Å². The smallest absolute Gasteiger partial charge is 0.171 e. The summed E-state index contributed by atoms with van der Waals surface area (Å²) in [5.41, 5.74) is 3.06. The monoisotopic (exact) mass is 650 g/mol. The van der Waals surface area contributed by atoms with Crippen LogP contribution in [0.4, 0.5) is 0 Å². The number of benzene rings is 4. The first-order valence-electron chi connectivity index (χ1n) is 15.4. The SMILES string of the molecule is CC(C)=CCc1c(O)ccc(C(=O)C2C(c3c(O)cc(/C=C/c4ccc(O)cc4O)cc3O)C=C(C)CC2c2ccc(O)cc2O)c1O. The molecule has 248 valence electrons. The Labute approximate surface area is 278 Å². The van der Waals surface area contributed by atoms with Crippen molar-refractivity contribution in [1.82, 2.24) is 0 Å². The molecule has 4 aromatic carbocycles. The van der Waals surface area contributed by atoms with Crippen molar-refractivity contribution >= 4 is 17.9 Å². The van der Waals surface area contributed by atoms with E-state index in [-0.39, 0.29) is 69.1 Å². The number of phenols is 8. The summed E-state index contributed by atoms with van der Waals surface area (Å²) < 4.78 is 0. The molecule has 0 fully saturated rings. The molecular formula is C39H38O9. The fourth-order valence-corrected chi connectivity index (χ4v) is 6.41. The first-order chi connectivity index (χ1) is 22.7. The Balaban J connectivity index is 1.65. The topological polar surface area (TPSA) is 179 Å². The predicted octanol–water partition coefficient (Wildman–Crippen LogP) is 7.73. The highest BCUT2D eigenvalue weighted by molar-refractivity contribution is 6.02. The normalized spacial score (nSPS) is 17.6. The van der Waals surface area contributed by atoms with Crippen LogP contribution in [0.5, 0.6) is 46.0 Å². The molecule has 0 bridgehead atoms. The lowest BCUT2D eigenvalue weighted by Gasteiger charge is -2.37. The molecule has 0 heterocycles. The number of Topliss-reactive ketones (excluding diaryl/α,β-unsaturated/α-hetero) is 1. The molecule has 0 saturated carbocycles. The molecule has 9 nitrogen and oxygen atoms in total. The second-order valence-corrected chi connectivity index (χ2v) is 12.5. The summed E-state index contributed by atoms with van der Waals surface area (Å²) >= 11 is 0. The Bertz CT molecular complexity index is 1960. The van der Waals surface area contributed by atoms with Gasteiger partial charge in [-0.2, -0.15) is 0 Å². The van der Waals surface area contributed by atoms with Gasteiger partial charge in [0.05, 0.1) is 5.56 Å². The quantitative estimate of drug-likeness (QED) is 0.0538. The molecule has 48 heavy (non-hydrogen) atoms. The summed E-state index contributed by atoms with van der Waals surface area (Å²) in [5, 5.41) is 85.3. The Hall–Kier alpha value is -5.83. The molecular weight excluding hydrogens is 612 g/mol. The lowest BCUT2D eigenvalue weighted by Crippen LogP contribution is -2.31. The van der Waals surface area contributed by atoms with Gasteiger partial charge in [-0.15, -0.1) is 0 Å². The van der Waals surface area contributed by atoms with Gasteiger partial charge in [0.25, 0.3) is 0 Å². The Kier molecular flexibility index (Phi) is 9.43. The largest absolute Gasteiger partial charge is 0.508 e. The van der Waals surface area contributed by atoms with Crippen LogP contribution < -0.4 is 0 Å². The first-order valence-corrected chi connectivity index (χ1v) is 15.4. The van der Waals surface area contributed by atoms with E-state index in [1.165, 1.54) is 60.7 Å². The van der Waals surface area contributed by atoms with Crippen LogP contribution in [-0.4, -0.2) is 46.6 Å². The molecule has 0 aromatic heterocycles. The fraction of sp³-hybridized carbons (Fsp3) is 0.205. The first kappa shape index (κ1) is 33.5. The average Bonchev–Trinajstić information content (AvgIpc) is 2.99. The minimum Gasteiger partial charge on any atom is -0.508 e. The van der Waals surface area contributed by atoms with Gasteiger partial charge in [0, 0.05) is 46.6 Å². The second-order valence-electron chi connectivity index (χ2n) is 12.5. The van der Waals surface area contributed by atoms with Crippen molar-refractivity contribution in [2.75, 3.05) is 0 Å². The summed E-state index contributed by atoms with van der Waals surface area (Å²) in [6.07, 6.45) is 7.17. The summed E-state index contributed by atoms with van der Waals surface area (Å²) in [6, 6.07) is 13.7. The third kappa shape index (κ3) is 6.80. The van der Waals surface area contributed by atoms with Crippen LogP contribution >= 0.6 is 0 Å². The summed E-state index contributed by atoms with van der Waals surface area (Å²) in [4.78, 5) is 14.6. The number of rotatable bonds is 8. The number of carbonyl (C=O) groups excluding carboxylic acids is 1. The molecule has 8 N–H and O–H groups in total. The van der Waals surface area contributed by atoms with Crippen molar-refractivity contribution in [3.8, 4) is 46.0 Å². The van der Waals surface area contributed by atoms with Crippen LogP contribution in [0, 0.1) is 5.92 Å². The lowest BCUT2D eigenvalue weighted by atomic mass is 9.65. The lowest BCUT2D eigenvalue weighted by molar-refractivity contribution is 0.0876. The Morgan fingerprint density at radius 2 is 1.40 bits per heavy atom. The number of hydrogen-bond acceptors (Lipinski definition) is 9. The van der Waals surface area contributed by atoms with Crippen LogP contribution in [0.1, 0.15) is 77.2 Å². The van der Waals surface area contributed by atoms with Gasteiger partial charge in [-0.25, -0.2) is 0 Å². The summed E-state index contributed by atoms with van der Waals surface area (Å²) in [6.45, 7) is 5.58. The molecule has 3 unspecified atom stereocenters. The van der Waals surface area contributed by atoms with Gasteiger partial charge in [-0.3, -0.25) is 4.79 Å². The zero-order valence-electron chi connectivity index (χ0n) is 26.7. The van der Waals surface area contributed by atoms with Gasteiger partial charge >= 0.3 is 0 Å². The zero-order chi connectivity index (χ0) is 34.9. The van der Waals surface area contributed by atoms with Gasteiger partial charge < -0.3 is 40.9 Å². The van der Waals surface area contributed by atoms with Crippen molar-refractivity contribution in [2.24, 2.45) is 5.92 Å². The van der Waals surface area contributed by atoms with Gasteiger partial charge in [-0.1, -0.05) is 41.5 Å². The molecule has 0 amide bonds. The maximum absolute atomic E-state index is 14.6. The fourth-order valence-electron chi connectivity index (χ4n) is 6.41. The van der Waals surface area contributed by atoms with Gasteiger partial charge in [0.2, 0.25) is 0 Å². The molecule has 9 heteroatoms. The van der Waals surface area contributed by atoms with Gasteiger partial charge in [0.1, 0.15) is 46.0 Å². The highest BCUT2D eigenvalue weighted by Gasteiger charge is 2.43. The Morgan fingerprint density at radius 3 is 2.02 bits per heavy atom. The maximum atomic E-state index is 14.6. The number of aromatic hydroxyl groups is 8. The van der Waals surface area contributed by atoms with E-state index >= 15 is 0 Å². The van der Waals surface area contributed by atoms with E-state index in [4.69, 9.17) is 0 Å². The average molecular weight is 651 g/mol. The number of allylic oxidation sites excluding steroid dienone is 4. The molecule has 1 aliphatic rings. The molecule has 0 aliphatic heterocycles. The molecule has 4 aromatic rings. The minimum atomic E-state index is -1.07. The van der Waals surface area contributed by atoms with Crippen molar-refractivity contribution < 1.29 is 45.6 Å². The van der Waals surface area contributed by atoms with E-state index in [0.717, 1.165) is 11.1 Å². The minimum absolute atomic E-state index is 0.0586. The van der Waals surface area contributed by atoms with Crippen LogP contribution in [0.25, 0.3) is 12.2 Å². The number of carbonyl (C=O) groups is 1. The highest BCUT2D eigenvalue weighted by atomic mass is 16.3. The van der Waals surface area contributed by atoms with Crippen LogP contribution in [0.3, 0.4) is 0 Å². The predicted molar refractivity (Wildman–Crippen MR) is 183 cm³/mol. The standard InChI is InChI=1S/C39H38O9/c1-20(2)4-10-27-31(42)13-12-28(38(27)47)39(48)36-29(26-11-9-25(41)19-33(26)44)14-21(3)15-30(36)37-34(45)16-22(17-35(37)46)5-6-23-7-8-24(40)18-32(23)43/h4-9,11-13,15-19,29-30,36,40-47H,10,14H2,1-3H3/b6-5+. The van der Waals surface area contributed by atoms with Gasteiger partial charge in [-0.05, 0) is 87.2 Å². The van der Waals surface area contributed by atoms with E-state index in [1.807, 2.05) is 26.8 Å². The maximum Gasteiger partial charge on any atom is 0.171 e. The highest BCUT2D eigenvalue weighted by Crippen LogP contribution is 2.53. The molecule has 0 saturated heterocycles. The van der Waals surface area contributed by atoms with E-state index < -0.39 is 23.5 Å². The molecule has 5 rings (SSSR count). The molecule has 3 atom stereocenters. The van der Waals surface area contributed by atoms with E-state index in [1.54, 1.807) is 18.2 Å². The van der Waals surface area contributed by atoms with Crippen molar-refractivity contribution in [3.63, 3.8) is 0 Å². The summed E-state index contributed by atoms with van der Waals surface area (Å²) in [7, 11) is 0. The molecule has 0 radical (unpaired) electrons. The number of ketones is 1. The zero-order valence-corrected chi connectivity index (χ0v) is 26.7. The second kappa shape index (κ2) is 13.5. The third-order valence-electron chi connectivity index (χ3n) is 8.74.